The topological polar surface area (TPSA) is 3.24 Å². The molecule has 0 unspecified atom stereocenters. The maximum absolute atomic E-state index is 2.12. The van der Waals surface area contributed by atoms with E-state index in [9.17, 15) is 0 Å². The van der Waals surface area contributed by atoms with Gasteiger partial charge in [0.05, 0.1) is 0 Å². The van der Waals surface area contributed by atoms with Crippen molar-refractivity contribution in [2.45, 2.75) is 13.8 Å². The van der Waals surface area contributed by atoms with Gasteiger partial charge >= 0.3 is 0 Å². The molecule has 12 heavy (non-hydrogen) atoms. The highest BCUT2D eigenvalue weighted by molar-refractivity contribution is 5.48. The summed E-state index contributed by atoms with van der Waals surface area (Å²) in [5.41, 5.74) is 2.52. The fourth-order valence-corrected chi connectivity index (χ4v) is 1.09. The highest BCUT2D eigenvalue weighted by Gasteiger charge is 1.93. The second-order valence-electron chi connectivity index (χ2n) is 2.93. The summed E-state index contributed by atoms with van der Waals surface area (Å²) >= 11 is 0. The monoisotopic (exact) mass is 161 g/mol. The Morgan fingerprint density at radius 3 is 2.25 bits per heavy atom. The van der Waals surface area contributed by atoms with Gasteiger partial charge in [0.1, 0.15) is 0 Å². The molecule has 0 spiro atoms. The van der Waals surface area contributed by atoms with Gasteiger partial charge < -0.3 is 4.90 Å². The van der Waals surface area contributed by atoms with Crippen LogP contribution in [-0.2, 0) is 0 Å². The highest BCUT2D eigenvalue weighted by atomic mass is 15.1. The van der Waals surface area contributed by atoms with Gasteiger partial charge in [0, 0.05) is 12.7 Å². The van der Waals surface area contributed by atoms with Gasteiger partial charge in [0.15, 0.2) is 0 Å². The van der Waals surface area contributed by atoms with E-state index in [2.05, 4.69) is 36.1 Å². The maximum atomic E-state index is 2.12. The Morgan fingerprint density at radius 1 is 1.17 bits per heavy atom. The van der Waals surface area contributed by atoms with E-state index in [1.807, 2.05) is 26.2 Å². The third-order valence-corrected chi connectivity index (χ3v) is 1.81. The summed E-state index contributed by atoms with van der Waals surface area (Å²) in [7, 11) is 2.05. The van der Waals surface area contributed by atoms with Crippen LogP contribution >= 0.6 is 0 Å². The van der Waals surface area contributed by atoms with E-state index in [1.165, 1.54) is 11.3 Å². The van der Waals surface area contributed by atoms with E-state index in [1.54, 1.807) is 0 Å². The second-order valence-corrected chi connectivity index (χ2v) is 2.93. The number of hydrogen-bond donors (Lipinski definition) is 0. The van der Waals surface area contributed by atoms with Crippen molar-refractivity contribution in [3.63, 3.8) is 0 Å². The summed E-state index contributed by atoms with van der Waals surface area (Å²) in [5, 5.41) is 0. The number of hydrogen-bond acceptors (Lipinski definition) is 1. The molecule has 0 atom stereocenters. The Balaban J connectivity index is 2.82. The molecular formula is C11H15N. The molecule has 1 aromatic rings. The summed E-state index contributed by atoms with van der Waals surface area (Å²) in [5.74, 6) is 0. The normalized spacial score (nSPS) is 10.6. The Kier molecular flexibility index (Phi) is 2.92. The van der Waals surface area contributed by atoms with Crippen LogP contribution in [0, 0.1) is 6.92 Å². The van der Waals surface area contributed by atoms with E-state index in [0.717, 1.165) is 0 Å². The lowest BCUT2D eigenvalue weighted by molar-refractivity contribution is 1.19. The van der Waals surface area contributed by atoms with E-state index >= 15 is 0 Å². The molecule has 64 valence electrons. The lowest BCUT2D eigenvalue weighted by atomic mass is 10.2. The van der Waals surface area contributed by atoms with Crippen LogP contribution in [0.15, 0.2) is 36.5 Å². The van der Waals surface area contributed by atoms with Crippen molar-refractivity contribution in [1.82, 2.24) is 0 Å². The van der Waals surface area contributed by atoms with Crippen LogP contribution in [0.3, 0.4) is 0 Å². The van der Waals surface area contributed by atoms with Crippen LogP contribution in [0.25, 0.3) is 0 Å². The van der Waals surface area contributed by atoms with Crippen LogP contribution in [0.2, 0.25) is 0 Å². The van der Waals surface area contributed by atoms with Crippen LogP contribution in [-0.4, -0.2) is 7.05 Å². The van der Waals surface area contributed by atoms with Gasteiger partial charge in [0.2, 0.25) is 0 Å². The third kappa shape index (κ3) is 2.12. The van der Waals surface area contributed by atoms with Gasteiger partial charge in [-0.1, -0.05) is 23.8 Å². The first-order chi connectivity index (χ1) is 5.74. The molecule has 1 aromatic carbocycles. The van der Waals surface area contributed by atoms with Crippen molar-refractivity contribution >= 4 is 5.69 Å². The SMILES string of the molecule is C/C=C\N(C)c1ccc(C)cc1. The zero-order chi connectivity index (χ0) is 8.97. The highest BCUT2D eigenvalue weighted by Crippen LogP contribution is 2.13. The minimum Gasteiger partial charge on any atom is -0.351 e. The van der Waals surface area contributed by atoms with Gasteiger partial charge in [-0.25, -0.2) is 0 Å². The first kappa shape index (κ1) is 8.85. The van der Waals surface area contributed by atoms with E-state index in [0.29, 0.717) is 0 Å². The standard InChI is InChI=1S/C11H15N/c1-4-9-12(3)11-7-5-10(2)6-8-11/h4-9H,1-3H3/b9-4-. The molecule has 0 aliphatic heterocycles. The zero-order valence-corrected chi connectivity index (χ0v) is 7.91. The second kappa shape index (κ2) is 3.96. The van der Waals surface area contributed by atoms with Crippen molar-refractivity contribution in [3.8, 4) is 0 Å². The number of nitrogens with zero attached hydrogens (tertiary/aromatic N) is 1. The van der Waals surface area contributed by atoms with Gasteiger partial charge in [-0.15, -0.1) is 0 Å². The van der Waals surface area contributed by atoms with Crippen LogP contribution < -0.4 is 4.90 Å². The smallest absolute Gasteiger partial charge is 0.0403 e. The fraction of sp³-hybridized carbons (Fsp3) is 0.273. The van der Waals surface area contributed by atoms with Crippen molar-refractivity contribution in [2.24, 2.45) is 0 Å². The van der Waals surface area contributed by atoms with E-state index < -0.39 is 0 Å². The van der Waals surface area contributed by atoms with Gasteiger partial charge in [0.25, 0.3) is 0 Å². The Labute approximate surface area is 74.3 Å². The number of allylic oxidation sites excluding steroid dienone is 1. The minimum atomic E-state index is 1.22. The fourth-order valence-electron chi connectivity index (χ4n) is 1.09. The van der Waals surface area contributed by atoms with Crippen LogP contribution in [0.4, 0.5) is 5.69 Å². The molecule has 0 aromatic heterocycles. The van der Waals surface area contributed by atoms with Crippen LogP contribution in [0.1, 0.15) is 12.5 Å². The van der Waals surface area contributed by atoms with Crippen LogP contribution in [0.5, 0.6) is 0 Å². The summed E-state index contributed by atoms with van der Waals surface area (Å²) in [6, 6.07) is 8.48. The van der Waals surface area contributed by atoms with Crippen molar-refractivity contribution < 1.29 is 0 Å². The molecule has 0 fully saturated rings. The number of aryl methyl sites for hydroxylation is 1. The Bertz CT molecular complexity index is 259. The summed E-state index contributed by atoms with van der Waals surface area (Å²) < 4.78 is 0. The average molecular weight is 161 g/mol. The zero-order valence-electron chi connectivity index (χ0n) is 7.91. The third-order valence-electron chi connectivity index (χ3n) is 1.81. The Morgan fingerprint density at radius 2 is 1.75 bits per heavy atom. The molecule has 0 bridgehead atoms. The molecule has 1 rings (SSSR count). The summed E-state index contributed by atoms with van der Waals surface area (Å²) in [4.78, 5) is 2.10. The molecule has 0 saturated carbocycles. The molecule has 0 radical (unpaired) electrons. The molecule has 0 heterocycles. The van der Waals surface area contributed by atoms with Gasteiger partial charge in [-0.05, 0) is 32.2 Å². The lowest BCUT2D eigenvalue weighted by Crippen LogP contribution is -2.06. The van der Waals surface area contributed by atoms with Crippen molar-refractivity contribution in [1.29, 1.82) is 0 Å². The van der Waals surface area contributed by atoms with E-state index in [-0.39, 0.29) is 0 Å². The minimum absolute atomic E-state index is 1.22. The number of benzene rings is 1. The van der Waals surface area contributed by atoms with Crippen molar-refractivity contribution in [2.75, 3.05) is 11.9 Å². The number of rotatable bonds is 2. The number of anilines is 1. The Hall–Kier alpha value is -1.24. The predicted molar refractivity (Wildman–Crippen MR) is 54.4 cm³/mol. The van der Waals surface area contributed by atoms with Crippen molar-refractivity contribution in [3.05, 3.63) is 42.1 Å². The largest absolute Gasteiger partial charge is 0.351 e. The molecule has 1 nitrogen and oxygen atoms in total. The molecule has 0 amide bonds. The van der Waals surface area contributed by atoms with Gasteiger partial charge in [-0.2, -0.15) is 0 Å². The maximum Gasteiger partial charge on any atom is 0.0403 e. The lowest BCUT2D eigenvalue weighted by Gasteiger charge is -2.13. The first-order valence-electron chi connectivity index (χ1n) is 4.16. The summed E-state index contributed by atoms with van der Waals surface area (Å²) in [6.45, 7) is 4.12. The molecule has 1 heteroatoms. The molecule has 0 saturated heterocycles. The summed E-state index contributed by atoms with van der Waals surface area (Å²) in [6.07, 6.45) is 4.07. The first-order valence-corrected chi connectivity index (χ1v) is 4.16. The molecular weight excluding hydrogens is 146 g/mol. The predicted octanol–water partition coefficient (Wildman–Crippen LogP) is 2.96. The molecule has 0 aliphatic carbocycles. The van der Waals surface area contributed by atoms with Gasteiger partial charge in [-0.3, -0.25) is 0 Å². The van der Waals surface area contributed by atoms with E-state index in [4.69, 9.17) is 0 Å². The molecule has 0 N–H and O–H groups in total. The molecule has 0 aliphatic rings. The average Bonchev–Trinajstić information content (AvgIpc) is 2.06. The quantitative estimate of drug-likeness (QED) is 0.644.